The fourth-order valence-electron chi connectivity index (χ4n) is 9.31. The Bertz CT molecular complexity index is 3150. The summed E-state index contributed by atoms with van der Waals surface area (Å²) in [4.78, 5) is 0. The van der Waals surface area contributed by atoms with Crippen LogP contribution >= 0.6 is 0 Å². The standard InChI is InChI=1S/C52H30/c1-2-11-39-38(8-1)30-50-49-29-36(22-23-43(49)47-17-6-14-44(39)52(47)50)35-21-20-33-26-32(18-19-34(33)27-35)31-9-5-10-37(28-31)40-24-25-48-42-13-4-3-12-41(42)46-16-7-15-45(40)51(46)48/h1-30H. The van der Waals surface area contributed by atoms with Crippen molar-refractivity contribution < 1.29 is 0 Å². The third-order valence-corrected chi connectivity index (χ3v) is 11.7. The summed E-state index contributed by atoms with van der Waals surface area (Å²) in [6.07, 6.45) is 0. The molecule has 0 heterocycles. The van der Waals surface area contributed by atoms with Gasteiger partial charge in [0.2, 0.25) is 0 Å². The van der Waals surface area contributed by atoms with Crippen LogP contribution in [0, 0.1) is 0 Å². The Morgan fingerprint density at radius 3 is 1.48 bits per heavy atom. The van der Waals surface area contributed by atoms with Gasteiger partial charge >= 0.3 is 0 Å². The van der Waals surface area contributed by atoms with E-state index in [1.807, 2.05) is 0 Å². The van der Waals surface area contributed by atoms with Crippen LogP contribution in [-0.4, -0.2) is 0 Å². The fraction of sp³-hybridized carbons (Fsp3) is 0. The minimum absolute atomic E-state index is 1.23. The molecule has 0 bridgehead atoms. The minimum Gasteiger partial charge on any atom is -0.0616 e. The van der Waals surface area contributed by atoms with Gasteiger partial charge in [-0.3, -0.25) is 0 Å². The SMILES string of the molecule is c1cc(-c2ccc3cc(-c4ccc5c(c4)-c4cc6ccccc6c6cccc-5c46)ccc3c2)cc(-c2ccc3c4c(cccc24)-c2ccccc2-3)c1. The molecule has 10 aromatic carbocycles. The molecule has 0 aromatic heterocycles. The van der Waals surface area contributed by atoms with Crippen molar-refractivity contribution in [2.24, 2.45) is 0 Å². The van der Waals surface area contributed by atoms with Gasteiger partial charge in [-0.05, 0) is 151 Å². The monoisotopic (exact) mass is 654 g/mol. The highest BCUT2D eigenvalue weighted by atomic mass is 14.3. The topological polar surface area (TPSA) is 0 Å². The normalized spacial score (nSPS) is 12.2. The van der Waals surface area contributed by atoms with E-state index >= 15 is 0 Å². The van der Waals surface area contributed by atoms with Crippen molar-refractivity contribution in [3.8, 4) is 77.9 Å². The van der Waals surface area contributed by atoms with Gasteiger partial charge in [-0.25, -0.2) is 0 Å². The third-order valence-electron chi connectivity index (χ3n) is 11.7. The second-order valence-corrected chi connectivity index (χ2v) is 14.4. The van der Waals surface area contributed by atoms with Gasteiger partial charge in [-0.15, -0.1) is 0 Å². The number of rotatable bonds is 3. The van der Waals surface area contributed by atoms with Gasteiger partial charge in [0.15, 0.2) is 0 Å². The van der Waals surface area contributed by atoms with Crippen molar-refractivity contribution >= 4 is 43.1 Å². The van der Waals surface area contributed by atoms with Crippen molar-refractivity contribution in [1.29, 1.82) is 0 Å². The third kappa shape index (κ3) is 3.87. The van der Waals surface area contributed by atoms with Gasteiger partial charge in [0, 0.05) is 0 Å². The van der Waals surface area contributed by atoms with Crippen LogP contribution in [0.15, 0.2) is 182 Å². The van der Waals surface area contributed by atoms with Crippen LogP contribution in [0.2, 0.25) is 0 Å². The van der Waals surface area contributed by atoms with E-state index in [1.165, 1.54) is 121 Å². The van der Waals surface area contributed by atoms with E-state index in [0.29, 0.717) is 0 Å². The Kier molecular flexibility index (Phi) is 5.59. The van der Waals surface area contributed by atoms with E-state index in [9.17, 15) is 0 Å². The van der Waals surface area contributed by atoms with Crippen LogP contribution in [0.5, 0.6) is 0 Å². The molecule has 52 heavy (non-hydrogen) atoms. The molecule has 0 nitrogen and oxygen atoms in total. The number of benzene rings is 10. The average molecular weight is 655 g/mol. The first kappa shape index (κ1) is 28.0. The molecule has 0 heteroatoms. The van der Waals surface area contributed by atoms with Crippen molar-refractivity contribution in [2.45, 2.75) is 0 Å². The smallest absolute Gasteiger partial charge is 0.00199 e. The molecule has 238 valence electrons. The van der Waals surface area contributed by atoms with Crippen LogP contribution in [0.4, 0.5) is 0 Å². The first-order chi connectivity index (χ1) is 25.8. The van der Waals surface area contributed by atoms with Crippen LogP contribution < -0.4 is 0 Å². The first-order valence-electron chi connectivity index (χ1n) is 18.2. The quantitative estimate of drug-likeness (QED) is 0.166. The molecule has 12 rings (SSSR count). The Labute approximate surface area is 301 Å². The highest BCUT2D eigenvalue weighted by Gasteiger charge is 2.24. The van der Waals surface area contributed by atoms with Crippen LogP contribution in [0.25, 0.3) is 121 Å². The van der Waals surface area contributed by atoms with E-state index in [2.05, 4.69) is 182 Å². The number of hydrogen-bond donors (Lipinski definition) is 0. The van der Waals surface area contributed by atoms with Crippen molar-refractivity contribution in [3.63, 3.8) is 0 Å². The summed E-state index contributed by atoms with van der Waals surface area (Å²) in [6, 6.07) is 68.0. The predicted octanol–water partition coefficient (Wildman–Crippen LogP) is 14.6. The lowest BCUT2D eigenvalue weighted by Gasteiger charge is -2.12. The van der Waals surface area contributed by atoms with E-state index < -0.39 is 0 Å². The van der Waals surface area contributed by atoms with Crippen molar-refractivity contribution in [1.82, 2.24) is 0 Å². The molecule has 0 saturated carbocycles. The van der Waals surface area contributed by atoms with E-state index in [1.54, 1.807) is 0 Å². The maximum Gasteiger partial charge on any atom is -0.00199 e. The Morgan fingerprint density at radius 1 is 0.192 bits per heavy atom. The molecule has 2 aliphatic rings. The molecular weight excluding hydrogens is 625 g/mol. The van der Waals surface area contributed by atoms with E-state index in [0.717, 1.165) is 0 Å². The van der Waals surface area contributed by atoms with E-state index in [-0.39, 0.29) is 0 Å². The Balaban J connectivity index is 0.911. The molecule has 0 N–H and O–H groups in total. The van der Waals surface area contributed by atoms with Gasteiger partial charge in [-0.1, -0.05) is 152 Å². The van der Waals surface area contributed by atoms with Gasteiger partial charge in [0.1, 0.15) is 0 Å². The van der Waals surface area contributed by atoms with Crippen LogP contribution in [0.1, 0.15) is 0 Å². The van der Waals surface area contributed by atoms with Gasteiger partial charge in [0.05, 0.1) is 0 Å². The molecule has 0 atom stereocenters. The lowest BCUT2D eigenvalue weighted by atomic mass is 9.92. The van der Waals surface area contributed by atoms with Crippen LogP contribution in [-0.2, 0) is 0 Å². The maximum atomic E-state index is 2.40. The molecule has 0 amide bonds. The summed E-state index contributed by atoms with van der Waals surface area (Å²) < 4.78 is 0. The van der Waals surface area contributed by atoms with Crippen molar-refractivity contribution in [2.75, 3.05) is 0 Å². The second-order valence-electron chi connectivity index (χ2n) is 14.4. The zero-order valence-corrected chi connectivity index (χ0v) is 28.3. The average Bonchev–Trinajstić information content (AvgIpc) is 3.71. The molecule has 2 aliphatic carbocycles. The van der Waals surface area contributed by atoms with E-state index in [4.69, 9.17) is 0 Å². The molecular formula is C52H30. The molecule has 0 saturated heterocycles. The summed E-state index contributed by atoms with van der Waals surface area (Å²) >= 11 is 0. The van der Waals surface area contributed by atoms with Crippen molar-refractivity contribution in [3.05, 3.63) is 182 Å². The summed E-state index contributed by atoms with van der Waals surface area (Å²) in [6.45, 7) is 0. The zero-order valence-electron chi connectivity index (χ0n) is 28.3. The largest absolute Gasteiger partial charge is 0.0616 e. The maximum absolute atomic E-state index is 2.40. The highest BCUT2D eigenvalue weighted by Crippen LogP contribution is 2.51. The molecule has 0 unspecified atom stereocenters. The molecule has 0 aliphatic heterocycles. The molecule has 10 aromatic rings. The highest BCUT2D eigenvalue weighted by molar-refractivity contribution is 6.24. The molecule has 0 fully saturated rings. The Morgan fingerprint density at radius 2 is 0.692 bits per heavy atom. The predicted molar refractivity (Wildman–Crippen MR) is 222 cm³/mol. The lowest BCUT2D eigenvalue weighted by Crippen LogP contribution is -1.86. The summed E-state index contributed by atoms with van der Waals surface area (Å²) in [5.41, 5.74) is 18.2. The lowest BCUT2D eigenvalue weighted by molar-refractivity contribution is 1.61. The molecule has 0 spiro atoms. The fourth-order valence-corrected chi connectivity index (χ4v) is 9.31. The summed E-state index contributed by atoms with van der Waals surface area (Å²) in [5, 5.41) is 10.5. The van der Waals surface area contributed by atoms with Gasteiger partial charge in [0.25, 0.3) is 0 Å². The first-order valence-corrected chi connectivity index (χ1v) is 18.2. The zero-order chi connectivity index (χ0) is 33.9. The summed E-state index contributed by atoms with van der Waals surface area (Å²) in [5.74, 6) is 0. The van der Waals surface area contributed by atoms with Gasteiger partial charge < -0.3 is 0 Å². The van der Waals surface area contributed by atoms with Gasteiger partial charge in [-0.2, -0.15) is 0 Å². The number of fused-ring (bicyclic) bond motifs is 9. The summed E-state index contributed by atoms with van der Waals surface area (Å²) in [7, 11) is 0. The molecule has 0 radical (unpaired) electrons. The second kappa shape index (κ2) is 10.4. The minimum atomic E-state index is 1.23. The number of hydrogen-bond acceptors (Lipinski definition) is 0. The van der Waals surface area contributed by atoms with Crippen LogP contribution in [0.3, 0.4) is 0 Å². The Hall–Kier alpha value is -6.76.